The number of halogens is 1. The number of carbonyl (C=O) groups excluding carboxylic acids is 1. The molecule has 7 nitrogen and oxygen atoms in total. The summed E-state index contributed by atoms with van der Waals surface area (Å²) >= 11 is 0. The molecule has 2 heterocycles. The maximum atomic E-state index is 11.8. The highest BCUT2D eigenvalue weighted by atomic mass is 127. The van der Waals surface area contributed by atoms with Gasteiger partial charge in [0.1, 0.15) is 12.4 Å². The van der Waals surface area contributed by atoms with Crippen molar-refractivity contribution in [2.45, 2.75) is 31.3 Å². The molecule has 138 valence electrons. The maximum Gasteiger partial charge on any atom is 0.243 e. The van der Waals surface area contributed by atoms with Crippen LogP contribution in [0.4, 0.5) is 5.82 Å². The number of amides is 1. The van der Waals surface area contributed by atoms with Crippen molar-refractivity contribution in [3.63, 3.8) is 0 Å². The Hall–Kier alpha value is -1.58. The smallest absolute Gasteiger partial charge is 0.243 e. The van der Waals surface area contributed by atoms with Crippen LogP contribution in [-0.2, 0) is 4.79 Å². The summed E-state index contributed by atoms with van der Waals surface area (Å²) in [6, 6.07) is 6.79. The van der Waals surface area contributed by atoms with E-state index in [1.54, 1.807) is 19.0 Å². The number of likely N-dealkylation sites (N-methyl/N-ethyl adjacent to an activating group) is 1. The number of anilines is 1. The quantitative estimate of drug-likeness (QED) is 0.393. The van der Waals surface area contributed by atoms with E-state index < -0.39 is 0 Å². The van der Waals surface area contributed by atoms with Crippen LogP contribution in [0.1, 0.15) is 19.3 Å². The van der Waals surface area contributed by atoms with E-state index in [1.807, 2.05) is 24.4 Å². The highest BCUT2D eigenvalue weighted by molar-refractivity contribution is 14.0. The first kappa shape index (κ1) is 19.7. The van der Waals surface area contributed by atoms with Gasteiger partial charge in [-0.3, -0.25) is 4.79 Å². The molecular formula is C17H27IN6O. The number of hydrogen-bond acceptors (Lipinski definition) is 4. The van der Waals surface area contributed by atoms with Gasteiger partial charge in [-0.05, 0) is 31.4 Å². The Balaban J connectivity index is 0.00000225. The van der Waals surface area contributed by atoms with Crippen LogP contribution in [-0.4, -0.2) is 67.6 Å². The summed E-state index contributed by atoms with van der Waals surface area (Å²) < 4.78 is 0. The predicted octanol–water partition coefficient (Wildman–Crippen LogP) is 1.06. The van der Waals surface area contributed by atoms with Crippen LogP contribution < -0.4 is 15.5 Å². The summed E-state index contributed by atoms with van der Waals surface area (Å²) in [7, 11) is 3.50. The van der Waals surface area contributed by atoms with Crippen LogP contribution in [0.25, 0.3) is 0 Å². The average Bonchev–Trinajstić information content (AvgIpc) is 3.28. The topological polar surface area (TPSA) is 72.9 Å². The van der Waals surface area contributed by atoms with E-state index in [1.165, 1.54) is 12.8 Å². The molecule has 1 aliphatic heterocycles. The molecule has 2 aliphatic rings. The minimum atomic E-state index is 0. The lowest BCUT2D eigenvalue weighted by Gasteiger charge is -2.20. The number of guanidine groups is 1. The van der Waals surface area contributed by atoms with Gasteiger partial charge in [-0.1, -0.05) is 6.07 Å². The number of carbonyl (C=O) groups is 1. The molecule has 2 N–H and O–H groups in total. The standard InChI is InChI=1S/C17H26N6O.HI/c1-22(2)16(24)11-19-17(20-13-6-7-13)21-14-8-10-23(12-14)15-5-3-4-9-18-15;/h3-5,9,13-14H,6-8,10-12H2,1-2H3,(H2,19,20,21);1H. The molecule has 1 unspecified atom stereocenters. The van der Waals surface area contributed by atoms with Gasteiger partial charge in [-0.25, -0.2) is 9.98 Å². The van der Waals surface area contributed by atoms with Gasteiger partial charge >= 0.3 is 0 Å². The number of hydrogen-bond donors (Lipinski definition) is 2. The van der Waals surface area contributed by atoms with Gasteiger partial charge in [-0.15, -0.1) is 24.0 Å². The highest BCUT2D eigenvalue weighted by Crippen LogP contribution is 2.19. The number of aliphatic imine (C=N–C) groups is 1. The Morgan fingerprint density at radius 1 is 1.28 bits per heavy atom. The van der Waals surface area contributed by atoms with E-state index >= 15 is 0 Å². The third-order valence-corrected chi connectivity index (χ3v) is 4.29. The molecule has 1 amide bonds. The van der Waals surface area contributed by atoms with Crippen molar-refractivity contribution in [3.05, 3.63) is 24.4 Å². The molecule has 2 fully saturated rings. The first-order valence-electron chi connectivity index (χ1n) is 8.55. The Bertz CT molecular complexity index is 590. The molecule has 0 aromatic carbocycles. The molecule has 0 bridgehead atoms. The largest absolute Gasteiger partial charge is 0.354 e. The van der Waals surface area contributed by atoms with Crippen molar-refractivity contribution in [1.29, 1.82) is 0 Å². The van der Waals surface area contributed by atoms with Crippen LogP contribution in [0.15, 0.2) is 29.4 Å². The number of rotatable bonds is 5. The first-order valence-corrected chi connectivity index (χ1v) is 8.55. The van der Waals surface area contributed by atoms with Gasteiger partial charge in [0.2, 0.25) is 5.91 Å². The Kier molecular flexibility index (Phi) is 7.27. The second-order valence-electron chi connectivity index (χ2n) is 6.64. The fourth-order valence-corrected chi connectivity index (χ4v) is 2.66. The highest BCUT2D eigenvalue weighted by Gasteiger charge is 2.27. The number of pyridine rings is 1. The molecule has 1 atom stereocenters. The summed E-state index contributed by atoms with van der Waals surface area (Å²) in [4.78, 5) is 24.5. The number of nitrogens with zero attached hydrogens (tertiary/aromatic N) is 4. The summed E-state index contributed by atoms with van der Waals surface area (Å²) in [6.07, 6.45) is 5.20. The van der Waals surface area contributed by atoms with E-state index in [4.69, 9.17) is 0 Å². The van der Waals surface area contributed by atoms with Crippen molar-refractivity contribution >= 4 is 41.7 Å². The zero-order valence-electron chi connectivity index (χ0n) is 14.8. The van der Waals surface area contributed by atoms with Crippen LogP contribution >= 0.6 is 24.0 Å². The van der Waals surface area contributed by atoms with E-state index in [9.17, 15) is 4.79 Å². The molecule has 0 radical (unpaired) electrons. The Morgan fingerprint density at radius 3 is 2.68 bits per heavy atom. The predicted molar refractivity (Wildman–Crippen MR) is 111 cm³/mol. The van der Waals surface area contributed by atoms with Crippen LogP contribution in [0, 0.1) is 0 Å². The fourth-order valence-electron chi connectivity index (χ4n) is 2.66. The summed E-state index contributed by atoms with van der Waals surface area (Å²) in [5.74, 6) is 1.77. The van der Waals surface area contributed by atoms with Crippen LogP contribution in [0.5, 0.6) is 0 Å². The van der Waals surface area contributed by atoms with Crippen LogP contribution in [0.2, 0.25) is 0 Å². The van der Waals surface area contributed by atoms with Crippen molar-refractivity contribution in [3.8, 4) is 0 Å². The molecule has 8 heteroatoms. The molecule has 1 aromatic rings. The van der Waals surface area contributed by atoms with Crippen LogP contribution in [0.3, 0.4) is 0 Å². The zero-order valence-corrected chi connectivity index (χ0v) is 17.1. The van der Waals surface area contributed by atoms with Gasteiger partial charge in [0.05, 0.1) is 0 Å². The lowest BCUT2D eigenvalue weighted by Crippen LogP contribution is -2.46. The van der Waals surface area contributed by atoms with E-state index in [-0.39, 0.29) is 36.4 Å². The van der Waals surface area contributed by atoms with Crippen molar-refractivity contribution in [2.24, 2.45) is 4.99 Å². The SMILES string of the molecule is CN(C)C(=O)CN=C(NC1CC1)NC1CCN(c2ccccn2)C1.I. The number of aromatic nitrogens is 1. The minimum Gasteiger partial charge on any atom is -0.354 e. The minimum absolute atomic E-state index is 0. The lowest BCUT2D eigenvalue weighted by atomic mass is 10.3. The van der Waals surface area contributed by atoms with E-state index in [0.29, 0.717) is 12.1 Å². The Labute approximate surface area is 166 Å². The van der Waals surface area contributed by atoms with E-state index in [2.05, 4.69) is 25.5 Å². The average molecular weight is 458 g/mol. The maximum absolute atomic E-state index is 11.8. The molecular weight excluding hydrogens is 431 g/mol. The second-order valence-corrected chi connectivity index (χ2v) is 6.64. The molecule has 3 rings (SSSR count). The summed E-state index contributed by atoms with van der Waals surface area (Å²) in [5.41, 5.74) is 0. The molecule has 0 spiro atoms. The second kappa shape index (κ2) is 9.21. The lowest BCUT2D eigenvalue weighted by molar-refractivity contribution is -0.127. The molecule has 1 aromatic heterocycles. The molecule has 25 heavy (non-hydrogen) atoms. The monoisotopic (exact) mass is 458 g/mol. The van der Waals surface area contributed by atoms with Gasteiger partial charge in [0.15, 0.2) is 5.96 Å². The third kappa shape index (κ3) is 6.02. The fraction of sp³-hybridized carbons (Fsp3) is 0.588. The Morgan fingerprint density at radius 2 is 2.04 bits per heavy atom. The van der Waals surface area contributed by atoms with Gasteiger partial charge < -0.3 is 20.4 Å². The van der Waals surface area contributed by atoms with Crippen molar-refractivity contribution in [1.82, 2.24) is 20.5 Å². The molecule has 1 saturated heterocycles. The van der Waals surface area contributed by atoms with Crippen molar-refractivity contribution < 1.29 is 4.79 Å². The van der Waals surface area contributed by atoms with Gasteiger partial charge in [0.25, 0.3) is 0 Å². The van der Waals surface area contributed by atoms with Gasteiger partial charge in [-0.2, -0.15) is 0 Å². The first-order chi connectivity index (χ1) is 11.6. The summed E-state index contributed by atoms with van der Waals surface area (Å²) in [6.45, 7) is 2.04. The molecule has 1 aliphatic carbocycles. The van der Waals surface area contributed by atoms with Crippen molar-refractivity contribution in [2.75, 3.05) is 38.6 Å². The third-order valence-electron chi connectivity index (χ3n) is 4.29. The summed E-state index contributed by atoms with van der Waals surface area (Å²) in [5, 5.41) is 6.88. The number of nitrogens with one attached hydrogen (secondary N) is 2. The molecule has 1 saturated carbocycles. The normalized spacial score (nSPS) is 20.0. The van der Waals surface area contributed by atoms with E-state index in [0.717, 1.165) is 31.3 Å². The zero-order chi connectivity index (χ0) is 16.9. The van der Waals surface area contributed by atoms with Gasteiger partial charge in [0, 0.05) is 45.5 Å².